The lowest BCUT2D eigenvalue weighted by molar-refractivity contribution is -0.115. The largest absolute Gasteiger partial charge is 0.324 e. The molecule has 1 aromatic rings. The first-order chi connectivity index (χ1) is 8.80. The number of hydrogen-bond donors (Lipinski definition) is 1. The molecule has 5 nitrogen and oxygen atoms in total. The number of sulfone groups is 1. The van der Waals surface area contributed by atoms with E-state index in [9.17, 15) is 13.2 Å². The molecule has 0 heterocycles. The van der Waals surface area contributed by atoms with Gasteiger partial charge in [-0.1, -0.05) is 12.1 Å². The van der Waals surface area contributed by atoms with Crippen molar-refractivity contribution >= 4 is 21.4 Å². The van der Waals surface area contributed by atoms with Crippen LogP contribution in [0, 0.1) is 11.3 Å². The second-order valence-corrected chi connectivity index (χ2v) is 7.25. The molecule has 1 rings (SSSR count). The fourth-order valence-corrected chi connectivity index (χ4v) is 2.66. The van der Waals surface area contributed by atoms with E-state index >= 15 is 0 Å². The van der Waals surface area contributed by atoms with Crippen LogP contribution in [0.25, 0.3) is 0 Å². The summed E-state index contributed by atoms with van der Waals surface area (Å²) in [6.45, 7) is 4.41. The van der Waals surface area contributed by atoms with Gasteiger partial charge >= 0.3 is 0 Å². The molecule has 19 heavy (non-hydrogen) atoms. The Kier molecular flexibility index (Phi) is 4.67. The summed E-state index contributed by atoms with van der Waals surface area (Å²) in [6.07, 6.45) is 0. The fraction of sp³-hybridized carbons (Fsp3) is 0.385. The van der Waals surface area contributed by atoms with E-state index < -0.39 is 26.2 Å². The smallest absolute Gasteiger partial charge is 0.242 e. The van der Waals surface area contributed by atoms with Gasteiger partial charge in [0, 0.05) is 0 Å². The van der Waals surface area contributed by atoms with Crippen molar-refractivity contribution in [3.63, 3.8) is 0 Å². The number of carbonyl (C=O) groups is 1. The van der Waals surface area contributed by atoms with Crippen LogP contribution in [-0.4, -0.2) is 24.8 Å². The summed E-state index contributed by atoms with van der Waals surface area (Å²) in [5.74, 6) is -0.628. The molecule has 102 valence electrons. The molecule has 1 N–H and O–H groups in total. The topological polar surface area (TPSA) is 87.0 Å². The lowest BCUT2D eigenvalue weighted by atomic mass is 10.2. The van der Waals surface area contributed by atoms with Crippen molar-refractivity contribution in [1.82, 2.24) is 0 Å². The monoisotopic (exact) mass is 280 g/mol. The minimum Gasteiger partial charge on any atom is -0.324 e. The van der Waals surface area contributed by atoms with Crippen molar-refractivity contribution in [3.05, 3.63) is 29.8 Å². The average Bonchev–Trinajstić information content (AvgIpc) is 2.38. The van der Waals surface area contributed by atoms with Gasteiger partial charge in [0.05, 0.1) is 16.5 Å². The first-order valence-corrected chi connectivity index (χ1v) is 7.44. The van der Waals surface area contributed by atoms with Crippen molar-refractivity contribution in [2.45, 2.75) is 31.3 Å². The zero-order valence-electron chi connectivity index (χ0n) is 11.0. The number of carbonyl (C=O) groups excluding carboxylic acids is 1. The Labute approximate surface area is 113 Å². The van der Waals surface area contributed by atoms with Gasteiger partial charge in [-0.2, -0.15) is 5.26 Å². The molecule has 0 aliphatic heterocycles. The predicted molar refractivity (Wildman–Crippen MR) is 73.3 cm³/mol. The number of benzene rings is 1. The molecule has 0 aliphatic carbocycles. The number of nitrogens with one attached hydrogen (secondary N) is 1. The summed E-state index contributed by atoms with van der Waals surface area (Å²) in [5.41, 5.74) is 0.616. The second kappa shape index (κ2) is 5.85. The number of para-hydroxylation sites is 1. The molecule has 0 aliphatic rings. The highest BCUT2D eigenvalue weighted by atomic mass is 32.2. The van der Waals surface area contributed by atoms with Gasteiger partial charge in [0.1, 0.15) is 11.3 Å². The second-order valence-electron chi connectivity index (χ2n) is 4.43. The highest BCUT2D eigenvalue weighted by molar-refractivity contribution is 7.93. The van der Waals surface area contributed by atoms with Crippen molar-refractivity contribution in [1.29, 1.82) is 5.26 Å². The van der Waals surface area contributed by atoms with Crippen LogP contribution in [0.2, 0.25) is 0 Å². The molecule has 0 aromatic heterocycles. The average molecular weight is 280 g/mol. The summed E-state index contributed by atoms with van der Waals surface area (Å²) in [7, 11) is -3.51. The Bertz CT molecular complexity index is 615. The zero-order chi connectivity index (χ0) is 14.6. The van der Waals surface area contributed by atoms with Gasteiger partial charge in [-0.15, -0.1) is 0 Å². The molecule has 6 heteroatoms. The van der Waals surface area contributed by atoms with Crippen LogP contribution < -0.4 is 5.32 Å². The van der Waals surface area contributed by atoms with Crippen LogP contribution in [0.3, 0.4) is 0 Å². The maximum absolute atomic E-state index is 11.9. The van der Waals surface area contributed by atoms with Gasteiger partial charge in [-0.25, -0.2) is 8.42 Å². The highest BCUT2D eigenvalue weighted by Gasteiger charge is 2.30. The van der Waals surface area contributed by atoms with Gasteiger partial charge in [-0.3, -0.25) is 4.79 Å². The number of anilines is 1. The minimum atomic E-state index is -3.51. The van der Waals surface area contributed by atoms with E-state index in [-0.39, 0.29) is 0 Å². The van der Waals surface area contributed by atoms with E-state index in [1.54, 1.807) is 24.3 Å². The molecule has 0 spiro atoms. The van der Waals surface area contributed by atoms with Gasteiger partial charge in [-0.05, 0) is 32.9 Å². The predicted octanol–water partition coefficient (Wildman–Crippen LogP) is 1.71. The first-order valence-electron chi connectivity index (χ1n) is 5.83. The number of nitrogens with zero attached hydrogens (tertiary/aromatic N) is 1. The minimum absolute atomic E-state index is 0.296. The van der Waals surface area contributed by atoms with E-state index in [1.807, 2.05) is 6.07 Å². The molecule has 1 unspecified atom stereocenters. The maximum Gasteiger partial charge on any atom is 0.242 e. The van der Waals surface area contributed by atoms with Crippen LogP contribution >= 0.6 is 0 Å². The van der Waals surface area contributed by atoms with Gasteiger partial charge in [0.2, 0.25) is 5.91 Å². The number of hydrogen-bond acceptors (Lipinski definition) is 4. The van der Waals surface area contributed by atoms with Crippen LogP contribution in [0.1, 0.15) is 26.3 Å². The lowest BCUT2D eigenvalue weighted by Gasteiger charge is -2.16. The zero-order valence-corrected chi connectivity index (χ0v) is 11.9. The molecule has 0 bridgehead atoms. The van der Waals surface area contributed by atoms with E-state index in [1.165, 1.54) is 20.8 Å². The van der Waals surface area contributed by atoms with Crippen LogP contribution in [-0.2, 0) is 14.6 Å². The highest BCUT2D eigenvalue weighted by Crippen LogP contribution is 2.16. The lowest BCUT2D eigenvalue weighted by Crippen LogP contribution is -2.36. The molecule has 0 saturated carbocycles. The third-order valence-corrected chi connectivity index (χ3v) is 5.34. The third-order valence-electron chi connectivity index (χ3n) is 2.82. The SMILES string of the molecule is CC(C)S(=O)(=O)C(C)C(=O)Nc1ccccc1C#N. The van der Waals surface area contributed by atoms with E-state index in [0.29, 0.717) is 11.3 Å². The summed E-state index contributed by atoms with van der Waals surface area (Å²) in [6, 6.07) is 8.38. The molecule has 0 fully saturated rings. The van der Waals surface area contributed by atoms with E-state index in [4.69, 9.17) is 5.26 Å². The van der Waals surface area contributed by atoms with Crippen molar-refractivity contribution in [3.8, 4) is 6.07 Å². The van der Waals surface area contributed by atoms with Gasteiger partial charge in [0.25, 0.3) is 0 Å². The van der Waals surface area contributed by atoms with Crippen LogP contribution in [0.5, 0.6) is 0 Å². The Morgan fingerprint density at radius 1 is 1.26 bits per heavy atom. The standard InChI is InChI=1S/C13H16N2O3S/c1-9(2)19(17,18)10(3)13(16)15-12-7-5-4-6-11(12)8-14/h4-7,9-10H,1-3H3,(H,15,16). The maximum atomic E-state index is 11.9. The number of nitriles is 1. The molecule has 1 atom stereocenters. The molecule has 0 saturated heterocycles. The Morgan fingerprint density at radius 3 is 2.37 bits per heavy atom. The third kappa shape index (κ3) is 3.32. The molecule has 0 radical (unpaired) electrons. The number of rotatable bonds is 4. The van der Waals surface area contributed by atoms with E-state index in [0.717, 1.165) is 0 Å². The van der Waals surface area contributed by atoms with Crippen molar-refractivity contribution in [2.75, 3.05) is 5.32 Å². The fourth-order valence-electron chi connectivity index (χ4n) is 1.48. The van der Waals surface area contributed by atoms with Crippen molar-refractivity contribution < 1.29 is 13.2 Å². The molecular formula is C13H16N2O3S. The van der Waals surface area contributed by atoms with Gasteiger partial charge in [0.15, 0.2) is 9.84 Å². The Balaban J connectivity index is 2.96. The number of amides is 1. The summed E-state index contributed by atoms with van der Waals surface area (Å²) in [5, 5.41) is 9.60. The Hall–Kier alpha value is -1.87. The van der Waals surface area contributed by atoms with Crippen LogP contribution in [0.4, 0.5) is 5.69 Å². The quantitative estimate of drug-likeness (QED) is 0.909. The summed E-state index contributed by atoms with van der Waals surface area (Å²) >= 11 is 0. The van der Waals surface area contributed by atoms with Crippen LogP contribution in [0.15, 0.2) is 24.3 Å². The molecule has 1 amide bonds. The van der Waals surface area contributed by atoms with E-state index in [2.05, 4.69) is 5.32 Å². The Morgan fingerprint density at radius 2 is 1.84 bits per heavy atom. The first kappa shape index (κ1) is 15.2. The van der Waals surface area contributed by atoms with Crippen molar-refractivity contribution in [2.24, 2.45) is 0 Å². The van der Waals surface area contributed by atoms with Gasteiger partial charge < -0.3 is 5.32 Å². The molecular weight excluding hydrogens is 264 g/mol. The normalized spacial score (nSPS) is 12.8. The summed E-state index contributed by atoms with van der Waals surface area (Å²) < 4.78 is 23.8. The molecule has 1 aromatic carbocycles. The summed E-state index contributed by atoms with van der Waals surface area (Å²) in [4.78, 5) is 11.9.